The van der Waals surface area contributed by atoms with Gasteiger partial charge in [0.15, 0.2) is 0 Å². The molecule has 0 spiro atoms. The van der Waals surface area contributed by atoms with Crippen LogP contribution in [0.25, 0.3) is 66.1 Å². The highest BCUT2D eigenvalue weighted by atomic mass is 16.5. The molecule has 0 unspecified atom stereocenters. The molecule has 0 saturated carbocycles. The second kappa shape index (κ2) is 22.2. The molecule has 6 nitrogen and oxygen atoms in total. The maximum atomic E-state index is 6.63. The van der Waals surface area contributed by atoms with Crippen molar-refractivity contribution in [3.8, 4) is 33.8 Å². The van der Waals surface area contributed by atoms with Crippen LogP contribution in [0.15, 0.2) is 93.8 Å². The average Bonchev–Trinajstić information content (AvgIpc) is 3.81. The lowest BCUT2D eigenvalue weighted by Gasteiger charge is -2.13. The van der Waals surface area contributed by atoms with Crippen LogP contribution in [0, 0.1) is 0 Å². The first-order valence-corrected chi connectivity index (χ1v) is 23.1. The molecule has 0 amide bonds. The standard InChI is InChI=1S/C54H66O6/c1-5-9-11-13-27-57-45-32-44(33-46(36-45)58-28-14-12-10-6-2)42-20-22-48-50-38-53-49(37-54(50)60-52(48)35-42)47-21-19-41(34-51(47)59-53)43-30-39(17-15-25-55-23-7-3)29-40(31-43)18-16-26-56-24-8-4/h19-22,29-38H,5-18,23-28H2,1-4H3. The van der Waals surface area contributed by atoms with E-state index in [0.29, 0.717) is 13.2 Å². The Bertz CT molecular complexity index is 2180. The molecule has 2 heterocycles. The second-order valence-electron chi connectivity index (χ2n) is 16.5. The van der Waals surface area contributed by atoms with E-state index in [2.05, 4.69) is 107 Å². The lowest BCUT2D eigenvalue weighted by atomic mass is 9.95. The van der Waals surface area contributed by atoms with Crippen LogP contribution in [0.4, 0.5) is 0 Å². The fraction of sp³-hybridized carbons (Fsp3) is 0.444. The summed E-state index contributed by atoms with van der Waals surface area (Å²) in [7, 11) is 0. The van der Waals surface area contributed by atoms with Crippen molar-refractivity contribution < 1.29 is 27.8 Å². The van der Waals surface area contributed by atoms with E-state index in [1.54, 1.807) is 0 Å². The maximum absolute atomic E-state index is 6.63. The van der Waals surface area contributed by atoms with E-state index in [1.165, 1.54) is 55.2 Å². The molecule has 0 aliphatic rings. The highest BCUT2D eigenvalue weighted by Gasteiger charge is 2.16. The third-order valence-electron chi connectivity index (χ3n) is 11.4. The van der Waals surface area contributed by atoms with Gasteiger partial charge in [-0.05, 0) is 133 Å². The Morgan fingerprint density at radius 2 is 0.817 bits per heavy atom. The number of hydrogen-bond donors (Lipinski definition) is 0. The van der Waals surface area contributed by atoms with E-state index < -0.39 is 0 Å². The number of fused-ring (bicyclic) bond motifs is 6. The van der Waals surface area contributed by atoms with Crippen LogP contribution in [0.3, 0.4) is 0 Å². The summed E-state index contributed by atoms with van der Waals surface area (Å²) in [5.74, 6) is 1.70. The van der Waals surface area contributed by atoms with Gasteiger partial charge in [-0.1, -0.05) is 96.6 Å². The van der Waals surface area contributed by atoms with Crippen LogP contribution in [-0.4, -0.2) is 39.6 Å². The van der Waals surface area contributed by atoms with Crippen LogP contribution in [0.5, 0.6) is 11.5 Å². The number of ether oxygens (including phenoxy) is 4. The van der Waals surface area contributed by atoms with Crippen LogP contribution in [0.1, 0.15) is 116 Å². The summed E-state index contributed by atoms with van der Waals surface area (Å²) in [6.45, 7) is 13.4. The molecule has 0 aliphatic heterocycles. The summed E-state index contributed by atoms with van der Waals surface area (Å²) in [5, 5.41) is 4.26. The van der Waals surface area contributed by atoms with Gasteiger partial charge in [-0.2, -0.15) is 0 Å². The molecule has 0 aliphatic carbocycles. The van der Waals surface area contributed by atoms with E-state index in [0.717, 1.165) is 150 Å². The SMILES string of the molecule is CCCCCCOc1cc(OCCCCCC)cc(-c2ccc3c(c2)oc2cc4c(cc23)oc2cc(-c3cc(CCCOCCC)cc(CCCOCCC)c3)ccc24)c1. The number of benzene rings is 5. The summed E-state index contributed by atoms with van der Waals surface area (Å²) in [6.07, 6.45) is 15.5. The lowest BCUT2D eigenvalue weighted by Crippen LogP contribution is -2.00. The summed E-state index contributed by atoms with van der Waals surface area (Å²) in [5.41, 5.74) is 10.6. The van der Waals surface area contributed by atoms with Gasteiger partial charge in [-0.3, -0.25) is 0 Å². The largest absolute Gasteiger partial charge is 0.493 e. The van der Waals surface area contributed by atoms with E-state index in [1.807, 2.05) is 6.07 Å². The minimum Gasteiger partial charge on any atom is -0.493 e. The Morgan fingerprint density at radius 3 is 1.28 bits per heavy atom. The first-order chi connectivity index (χ1) is 29.6. The molecule has 318 valence electrons. The monoisotopic (exact) mass is 810 g/mol. The fourth-order valence-electron chi connectivity index (χ4n) is 8.21. The van der Waals surface area contributed by atoms with Gasteiger partial charge in [0.05, 0.1) is 13.2 Å². The molecule has 60 heavy (non-hydrogen) atoms. The van der Waals surface area contributed by atoms with Gasteiger partial charge in [0, 0.05) is 54.0 Å². The van der Waals surface area contributed by atoms with E-state index >= 15 is 0 Å². The molecule has 0 atom stereocenters. The highest BCUT2D eigenvalue weighted by molar-refractivity contribution is 6.15. The van der Waals surface area contributed by atoms with Crippen LogP contribution in [-0.2, 0) is 22.3 Å². The van der Waals surface area contributed by atoms with Gasteiger partial charge in [-0.25, -0.2) is 0 Å². The predicted octanol–water partition coefficient (Wildman–Crippen LogP) is 15.5. The molecule has 0 N–H and O–H groups in total. The molecule has 7 rings (SSSR count). The molecule has 0 saturated heterocycles. The maximum Gasteiger partial charge on any atom is 0.136 e. The molecule has 7 aromatic rings. The summed E-state index contributed by atoms with van der Waals surface area (Å²) >= 11 is 0. The van der Waals surface area contributed by atoms with E-state index in [9.17, 15) is 0 Å². The zero-order valence-corrected chi connectivity index (χ0v) is 36.7. The van der Waals surface area contributed by atoms with Crippen LogP contribution < -0.4 is 9.47 Å². The Labute approximate surface area is 357 Å². The van der Waals surface area contributed by atoms with E-state index in [-0.39, 0.29) is 0 Å². The number of hydrogen-bond acceptors (Lipinski definition) is 6. The number of unbranched alkanes of at least 4 members (excludes halogenated alkanes) is 6. The summed E-state index contributed by atoms with van der Waals surface area (Å²) in [6, 6.07) is 30.8. The Kier molecular flexibility index (Phi) is 16.0. The lowest BCUT2D eigenvalue weighted by molar-refractivity contribution is 0.132. The van der Waals surface area contributed by atoms with Gasteiger partial charge in [0.2, 0.25) is 0 Å². The smallest absolute Gasteiger partial charge is 0.136 e. The number of rotatable bonds is 26. The third-order valence-corrected chi connectivity index (χ3v) is 11.4. The zero-order chi connectivity index (χ0) is 41.5. The van der Waals surface area contributed by atoms with Gasteiger partial charge in [0.1, 0.15) is 33.8 Å². The van der Waals surface area contributed by atoms with Crippen molar-refractivity contribution in [2.24, 2.45) is 0 Å². The molecule has 6 heteroatoms. The fourth-order valence-corrected chi connectivity index (χ4v) is 8.21. The molecule has 0 radical (unpaired) electrons. The quantitative estimate of drug-likeness (QED) is 0.0508. The van der Waals surface area contributed by atoms with Crippen molar-refractivity contribution in [1.82, 2.24) is 0 Å². The van der Waals surface area contributed by atoms with E-state index in [4.69, 9.17) is 27.8 Å². The average molecular weight is 811 g/mol. The number of furan rings is 2. The molecular weight excluding hydrogens is 745 g/mol. The predicted molar refractivity (Wildman–Crippen MR) is 250 cm³/mol. The molecule has 0 fully saturated rings. The Hall–Kier alpha value is -4.78. The van der Waals surface area contributed by atoms with Crippen molar-refractivity contribution in [2.45, 2.75) is 118 Å². The molecule has 0 bridgehead atoms. The topological polar surface area (TPSA) is 63.2 Å². The highest BCUT2D eigenvalue weighted by Crippen LogP contribution is 2.40. The van der Waals surface area contributed by atoms with Crippen LogP contribution in [0.2, 0.25) is 0 Å². The van der Waals surface area contributed by atoms with Gasteiger partial charge < -0.3 is 27.8 Å². The minimum absolute atomic E-state index is 0.707. The minimum atomic E-state index is 0.707. The zero-order valence-electron chi connectivity index (χ0n) is 36.7. The molecular formula is C54H66O6. The van der Waals surface area contributed by atoms with Gasteiger partial charge >= 0.3 is 0 Å². The van der Waals surface area contributed by atoms with Crippen molar-refractivity contribution in [2.75, 3.05) is 39.6 Å². The van der Waals surface area contributed by atoms with Crippen LogP contribution >= 0.6 is 0 Å². The van der Waals surface area contributed by atoms with Crippen molar-refractivity contribution >= 4 is 43.9 Å². The van der Waals surface area contributed by atoms with Crippen molar-refractivity contribution in [1.29, 1.82) is 0 Å². The first kappa shape index (κ1) is 43.3. The summed E-state index contributed by atoms with van der Waals surface area (Å²) < 4.78 is 37.4. The van der Waals surface area contributed by atoms with Crippen molar-refractivity contribution in [3.63, 3.8) is 0 Å². The Morgan fingerprint density at radius 1 is 0.350 bits per heavy atom. The van der Waals surface area contributed by atoms with Crippen molar-refractivity contribution in [3.05, 3.63) is 96.1 Å². The number of aryl methyl sites for hydroxylation is 2. The third kappa shape index (κ3) is 11.3. The second-order valence-corrected chi connectivity index (χ2v) is 16.5. The normalized spacial score (nSPS) is 11.8. The Balaban J connectivity index is 1.15. The van der Waals surface area contributed by atoms with Gasteiger partial charge in [-0.15, -0.1) is 0 Å². The molecule has 2 aromatic heterocycles. The summed E-state index contributed by atoms with van der Waals surface area (Å²) in [4.78, 5) is 0. The molecule has 5 aromatic carbocycles. The van der Waals surface area contributed by atoms with Gasteiger partial charge in [0.25, 0.3) is 0 Å². The first-order valence-electron chi connectivity index (χ1n) is 23.1.